The summed E-state index contributed by atoms with van der Waals surface area (Å²) in [6, 6.07) is 2.83. The third-order valence-electron chi connectivity index (χ3n) is 4.98. The zero-order chi connectivity index (χ0) is 27.3. The van der Waals surface area contributed by atoms with E-state index in [2.05, 4.69) is 20.7 Å². The Morgan fingerprint density at radius 2 is 1.92 bits per heavy atom. The van der Waals surface area contributed by atoms with Crippen LogP contribution in [0.15, 0.2) is 30.6 Å². The lowest BCUT2D eigenvalue weighted by Crippen LogP contribution is -2.38. The van der Waals surface area contributed by atoms with Gasteiger partial charge in [0.1, 0.15) is 28.9 Å². The number of hydrogen-bond donors (Lipinski definition) is 2. The largest absolute Gasteiger partial charge is 0.485 e. The molecular formula is C25H31F2N5O5. The van der Waals surface area contributed by atoms with E-state index >= 15 is 0 Å². The van der Waals surface area contributed by atoms with Crippen LogP contribution >= 0.6 is 0 Å². The Morgan fingerprint density at radius 3 is 2.59 bits per heavy atom. The van der Waals surface area contributed by atoms with Crippen LogP contribution in [-0.4, -0.2) is 51.5 Å². The Morgan fingerprint density at radius 1 is 1.19 bits per heavy atom. The molecule has 0 aliphatic rings. The predicted octanol–water partition coefficient (Wildman–Crippen LogP) is 4.65. The van der Waals surface area contributed by atoms with Gasteiger partial charge in [-0.15, -0.1) is 0 Å². The molecule has 0 bridgehead atoms. The summed E-state index contributed by atoms with van der Waals surface area (Å²) in [5, 5.41) is 9.72. The van der Waals surface area contributed by atoms with Crippen LogP contribution in [0.3, 0.4) is 0 Å². The molecule has 3 rings (SSSR count). The number of halogens is 2. The minimum atomic E-state index is -0.892. The van der Waals surface area contributed by atoms with Crippen LogP contribution in [0.5, 0.6) is 5.75 Å². The number of fused-ring (bicyclic) bond motifs is 1. The molecule has 200 valence electrons. The zero-order valence-corrected chi connectivity index (χ0v) is 21.6. The van der Waals surface area contributed by atoms with E-state index in [4.69, 9.17) is 14.2 Å². The fourth-order valence-corrected chi connectivity index (χ4v) is 3.41. The maximum atomic E-state index is 14.8. The van der Waals surface area contributed by atoms with Gasteiger partial charge in [0.25, 0.3) is 0 Å². The van der Waals surface area contributed by atoms with Gasteiger partial charge >= 0.3 is 12.1 Å². The number of nitrogens with one attached hydrogen (secondary N) is 2. The molecule has 0 saturated heterocycles. The lowest BCUT2D eigenvalue weighted by molar-refractivity contribution is 0.0500. The average Bonchev–Trinajstić information content (AvgIpc) is 3.21. The van der Waals surface area contributed by atoms with E-state index in [1.807, 2.05) is 0 Å². The SMILES string of the molecule is CCOC(=O)c1cnn2ccc(NC(C)c3cc(F)cc(F)c3OC(C)CNC(=O)OC(C)(C)C)nc12. The van der Waals surface area contributed by atoms with E-state index in [1.54, 1.807) is 53.8 Å². The quantitative estimate of drug-likeness (QED) is 0.393. The van der Waals surface area contributed by atoms with Gasteiger partial charge in [-0.3, -0.25) is 0 Å². The molecule has 0 aliphatic heterocycles. The molecule has 0 aliphatic carbocycles. The normalized spacial score (nSPS) is 13.1. The molecule has 0 spiro atoms. The molecule has 0 fully saturated rings. The molecule has 2 unspecified atom stereocenters. The van der Waals surface area contributed by atoms with Gasteiger partial charge in [0, 0.05) is 17.8 Å². The second-order valence-corrected chi connectivity index (χ2v) is 9.34. The van der Waals surface area contributed by atoms with Crippen molar-refractivity contribution in [3.8, 4) is 5.75 Å². The summed E-state index contributed by atoms with van der Waals surface area (Å²) < 4.78 is 46.3. The smallest absolute Gasteiger partial charge is 0.407 e. The average molecular weight is 520 g/mol. The number of amides is 1. The molecule has 0 saturated carbocycles. The van der Waals surface area contributed by atoms with Crippen LogP contribution in [0, 0.1) is 11.6 Å². The molecule has 2 aromatic heterocycles. The Labute approximate surface area is 213 Å². The maximum absolute atomic E-state index is 14.8. The first-order chi connectivity index (χ1) is 17.4. The van der Waals surface area contributed by atoms with Crippen molar-refractivity contribution < 1.29 is 32.6 Å². The first kappa shape index (κ1) is 27.6. The highest BCUT2D eigenvalue weighted by Gasteiger charge is 2.22. The molecule has 10 nitrogen and oxygen atoms in total. The van der Waals surface area contributed by atoms with Crippen molar-refractivity contribution >= 4 is 23.5 Å². The van der Waals surface area contributed by atoms with Crippen molar-refractivity contribution in [2.45, 2.75) is 59.3 Å². The van der Waals surface area contributed by atoms with Gasteiger partial charge in [-0.05, 0) is 53.7 Å². The number of alkyl carbamates (subject to hydrolysis) is 1. The van der Waals surface area contributed by atoms with Crippen molar-refractivity contribution in [2.75, 3.05) is 18.5 Å². The number of hydrogen-bond acceptors (Lipinski definition) is 8. The minimum Gasteiger partial charge on any atom is -0.485 e. The standard InChI is InChI=1S/C25H31F2N5O5/c1-7-35-23(33)18-13-29-32-9-8-20(31-22(18)32)30-15(3)17-10-16(26)11-19(27)21(17)36-14(2)12-28-24(34)37-25(4,5)6/h8-11,13-15H,7,12H2,1-6H3,(H,28,34)(H,30,31). The van der Waals surface area contributed by atoms with Crippen molar-refractivity contribution in [3.63, 3.8) is 0 Å². The maximum Gasteiger partial charge on any atom is 0.407 e. The third-order valence-corrected chi connectivity index (χ3v) is 4.98. The van der Waals surface area contributed by atoms with Crippen molar-refractivity contribution in [2.24, 2.45) is 0 Å². The van der Waals surface area contributed by atoms with Crippen molar-refractivity contribution in [1.82, 2.24) is 19.9 Å². The second kappa shape index (κ2) is 11.4. The summed E-state index contributed by atoms with van der Waals surface area (Å²) in [5.41, 5.74) is -0.0246. The second-order valence-electron chi connectivity index (χ2n) is 9.34. The van der Waals surface area contributed by atoms with Gasteiger partial charge < -0.3 is 24.8 Å². The summed E-state index contributed by atoms with van der Waals surface area (Å²) in [4.78, 5) is 28.5. The van der Waals surface area contributed by atoms with Gasteiger partial charge in [0.15, 0.2) is 17.2 Å². The summed E-state index contributed by atoms with van der Waals surface area (Å²) in [5.74, 6) is -2.07. The number of anilines is 1. The molecule has 12 heteroatoms. The Hall–Kier alpha value is -3.96. The number of nitrogens with zero attached hydrogens (tertiary/aromatic N) is 3. The molecule has 2 heterocycles. The van der Waals surface area contributed by atoms with Gasteiger partial charge in [-0.1, -0.05) is 0 Å². The van der Waals surface area contributed by atoms with E-state index in [9.17, 15) is 18.4 Å². The van der Waals surface area contributed by atoms with E-state index < -0.39 is 41.4 Å². The summed E-state index contributed by atoms with van der Waals surface area (Å²) in [6.07, 6.45) is 1.65. The summed E-state index contributed by atoms with van der Waals surface area (Å²) in [7, 11) is 0. The van der Waals surface area contributed by atoms with E-state index in [-0.39, 0.29) is 35.7 Å². The summed E-state index contributed by atoms with van der Waals surface area (Å²) in [6.45, 7) is 10.4. The molecule has 2 atom stereocenters. The Balaban J connectivity index is 1.78. The monoisotopic (exact) mass is 519 g/mol. The van der Waals surface area contributed by atoms with E-state index in [1.165, 1.54) is 10.7 Å². The molecule has 1 amide bonds. The molecular weight excluding hydrogens is 488 g/mol. The van der Waals surface area contributed by atoms with E-state index in [0.717, 1.165) is 12.1 Å². The molecule has 2 N–H and O–H groups in total. The molecule has 3 aromatic rings. The fourth-order valence-electron chi connectivity index (χ4n) is 3.41. The van der Waals surface area contributed by atoms with Gasteiger partial charge in [0.2, 0.25) is 0 Å². The number of carbonyl (C=O) groups is 2. The van der Waals surface area contributed by atoms with Crippen LogP contribution in [0.4, 0.5) is 19.4 Å². The minimum absolute atomic E-state index is 0.0308. The topological polar surface area (TPSA) is 116 Å². The Kier molecular flexibility index (Phi) is 8.51. The van der Waals surface area contributed by atoms with Crippen LogP contribution in [0.1, 0.15) is 63.5 Å². The Bertz CT molecular complexity index is 1270. The number of rotatable bonds is 9. The van der Waals surface area contributed by atoms with Crippen molar-refractivity contribution in [1.29, 1.82) is 0 Å². The van der Waals surface area contributed by atoms with Crippen molar-refractivity contribution in [3.05, 3.63) is 53.4 Å². The number of carbonyl (C=O) groups excluding carboxylic acids is 2. The highest BCUT2D eigenvalue weighted by Crippen LogP contribution is 2.32. The fraction of sp³-hybridized carbons (Fsp3) is 0.440. The van der Waals surface area contributed by atoms with Crippen LogP contribution in [0.25, 0.3) is 5.65 Å². The van der Waals surface area contributed by atoms with Gasteiger partial charge in [-0.25, -0.2) is 27.9 Å². The number of ether oxygens (including phenoxy) is 3. The summed E-state index contributed by atoms with van der Waals surface area (Å²) >= 11 is 0. The highest BCUT2D eigenvalue weighted by atomic mass is 19.1. The zero-order valence-electron chi connectivity index (χ0n) is 21.6. The van der Waals surface area contributed by atoms with Crippen LogP contribution in [0.2, 0.25) is 0 Å². The van der Waals surface area contributed by atoms with Crippen LogP contribution < -0.4 is 15.4 Å². The van der Waals surface area contributed by atoms with Gasteiger partial charge in [0.05, 0.1) is 25.4 Å². The molecule has 1 aromatic carbocycles. The van der Waals surface area contributed by atoms with Crippen LogP contribution in [-0.2, 0) is 9.47 Å². The molecule has 0 radical (unpaired) electrons. The number of esters is 1. The van der Waals surface area contributed by atoms with Gasteiger partial charge in [-0.2, -0.15) is 5.10 Å². The molecule has 37 heavy (non-hydrogen) atoms. The predicted molar refractivity (Wildman–Crippen MR) is 132 cm³/mol. The lowest BCUT2D eigenvalue weighted by Gasteiger charge is -2.23. The number of benzene rings is 1. The first-order valence-corrected chi connectivity index (χ1v) is 11.8. The lowest BCUT2D eigenvalue weighted by atomic mass is 10.1. The van der Waals surface area contributed by atoms with E-state index in [0.29, 0.717) is 5.82 Å². The highest BCUT2D eigenvalue weighted by molar-refractivity contribution is 5.95. The first-order valence-electron chi connectivity index (χ1n) is 11.8. The third kappa shape index (κ3) is 7.28. The number of aromatic nitrogens is 3.